The van der Waals surface area contributed by atoms with Crippen molar-refractivity contribution in [3.05, 3.63) is 65.9 Å². The highest BCUT2D eigenvalue weighted by atomic mass is 16.5. The Balaban J connectivity index is 1.66. The Kier molecular flexibility index (Phi) is 7.23. The van der Waals surface area contributed by atoms with Crippen molar-refractivity contribution in [2.45, 2.75) is 84.1 Å². The Labute approximate surface area is 205 Å². The van der Waals surface area contributed by atoms with Crippen LogP contribution in [0, 0.1) is 0 Å². The van der Waals surface area contributed by atoms with Crippen LogP contribution in [0.1, 0.15) is 78.4 Å². The van der Waals surface area contributed by atoms with Crippen LogP contribution in [0.4, 0.5) is 0 Å². The van der Waals surface area contributed by atoms with Crippen LogP contribution in [-0.2, 0) is 10.8 Å². The van der Waals surface area contributed by atoms with Gasteiger partial charge in [0, 0.05) is 17.2 Å². The molecule has 3 heteroatoms. The second-order valence-corrected chi connectivity index (χ2v) is 11.4. The first-order valence-electron chi connectivity index (χ1n) is 12.9. The summed E-state index contributed by atoms with van der Waals surface area (Å²) in [5, 5.41) is 3.48. The van der Waals surface area contributed by atoms with E-state index in [9.17, 15) is 0 Å². The highest BCUT2D eigenvalue weighted by molar-refractivity contribution is 5.77. The summed E-state index contributed by atoms with van der Waals surface area (Å²) in [6, 6.07) is 18.0. The maximum atomic E-state index is 6.35. The average molecular weight is 460 g/mol. The lowest BCUT2D eigenvalue weighted by Gasteiger charge is -2.42. The average Bonchev–Trinajstić information content (AvgIpc) is 3.34. The summed E-state index contributed by atoms with van der Waals surface area (Å²) < 4.78 is 12.0. The van der Waals surface area contributed by atoms with Gasteiger partial charge in [0.15, 0.2) is 0 Å². The molecule has 1 aromatic heterocycles. The van der Waals surface area contributed by atoms with E-state index in [1.807, 2.05) is 12.1 Å². The molecule has 0 bridgehead atoms. The number of fused-ring (bicyclic) bond motifs is 1. The van der Waals surface area contributed by atoms with Crippen LogP contribution in [0.15, 0.2) is 59.2 Å². The van der Waals surface area contributed by atoms with Crippen molar-refractivity contribution in [3.63, 3.8) is 0 Å². The zero-order valence-corrected chi connectivity index (χ0v) is 21.8. The van der Waals surface area contributed by atoms with E-state index in [1.165, 1.54) is 29.5 Å². The Hall–Kier alpha value is -2.52. The monoisotopic (exact) mass is 459 g/mol. The first-order chi connectivity index (χ1) is 16.2. The molecule has 0 saturated heterocycles. The highest BCUT2D eigenvalue weighted by Crippen LogP contribution is 2.47. The fourth-order valence-corrected chi connectivity index (χ4v) is 5.03. The van der Waals surface area contributed by atoms with Gasteiger partial charge in [-0.25, -0.2) is 0 Å². The summed E-state index contributed by atoms with van der Waals surface area (Å²) in [6.45, 7) is 15.6. The van der Waals surface area contributed by atoms with Crippen molar-refractivity contribution in [2.24, 2.45) is 0 Å². The second-order valence-electron chi connectivity index (χ2n) is 11.4. The number of benzene rings is 2. The molecule has 3 aromatic rings. The standard InChI is InChI=1S/C31H41NO2/c1-22(2)32-17-7-8-18-34-29-14-12-24(28-10-9-19-33-28)20-25(29)23-11-13-26-27(21-23)31(5,6)16-15-30(26,3)4/h9-14,19-22,32H,7-8,15-18H2,1-6H3. The quantitative estimate of drug-likeness (QED) is 0.328. The van der Waals surface area contributed by atoms with E-state index in [0.29, 0.717) is 6.04 Å². The third-order valence-corrected chi connectivity index (χ3v) is 7.33. The molecule has 0 unspecified atom stereocenters. The number of nitrogens with one attached hydrogen (secondary N) is 1. The second kappa shape index (κ2) is 10.00. The molecule has 34 heavy (non-hydrogen) atoms. The minimum Gasteiger partial charge on any atom is -0.493 e. The molecule has 0 radical (unpaired) electrons. The first kappa shape index (κ1) is 24.6. The normalized spacial score (nSPS) is 16.4. The Bertz CT molecular complexity index is 1090. The number of ether oxygens (including phenoxy) is 1. The number of hydrogen-bond donors (Lipinski definition) is 1. The van der Waals surface area contributed by atoms with Crippen LogP contribution >= 0.6 is 0 Å². The maximum absolute atomic E-state index is 6.35. The Morgan fingerprint density at radius 3 is 2.32 bits per heavy atom. The number of rotatable bonds is 9. The SMILES string of the molecule is CC(C)NCCCCOc1ccc(-c2ccco2)cc1-c1ccc2c(c1)C(C)(C)CCC2(C)C. The molecule has 1 aliphatic rings. The van der Waals surface area contributed by atoms with Gasteiger partial charge in [-0.05, 0) is 90.1 Å². The summed E-state index contributed by atoms with van der Waals surface area (Å²) >= 11 is 0. The van der Waals surface area contributed by atoms with Crippen LogP contribution in [-0.4, -0.2) is 19.2 Å². The fraction of sp³-hybridized carbons (Fsp3) is 0.484. The van der Waals surface area contributed by atoms with Crippen LogP contribution in [0.5, 0.6) is 5.75 Å². The topological polar surface area (TPSA) is 34.4 Å². The molecule has 182 valence electrons. The fourth-order valence-electron chi connectivity index (χ4n) is 5.03. The van der Waals surface area contributed by atoms with Gasteiger partial charge in [0.1, 0.15) is 11.5 Å². The highest BCUT2D eigenvalue weighted by Gasteiger charge is 2.37. The summed E-state index contributed by atoms with van der Waals surface area (Å²) in [6.07, 6.45) is 6.30. The van der Waals surface area contributed by atoms with Gasteiger partial charge >= 0.3 is 0 Å². The smallest absolute Gasteiger partial charge is 0.133 e. The molecular formula is C31H41NO2. The molecular weight excluding hydrogens is 418 g/mol. The lowest BCUT2D eigenvalue weighted by molar-refractivity contribution is 0.306. The third kappa shape index (κ3) is 5.41. The predicted molar refractivity (Wildman–Crippen MR) is 143 cm³/mol. The van der Waals surface area contributed by atoms with E-state index in [2.05, 4.69) is 83.3 Å². The molecule has 1 N–H and O–H groups in total. The van der Waals surface area contributed by atoms with Crippen LogP contribution in [0.25, 0.3) is 22.5 Å². The van der Waals surface area contributed by atoms with Crippen molar-refractivity contribution in [1.29, 1.82) is 0 Å². The van der Waals surface area contributed by atoms with Crippen molar-refractivity contribution < 1.29 is 9.15 Å². The molecule has 1 heterocycles. The predicted octanol–water partition coefficient (Wildman–Crippen LogP) is 8.12. The molecule has 2 aromatic carbocycles. The number of unbranched alkanes of at least 4 members (excludes halogenated alkanes) is 1. The van der Waals surface area contributed by atoms with E-state index in [-0.39, 0.29) is 10.8 Å². The minimum absolute atomic E-state index is 0.171. The van der Waals surface area contributed by atoms with Crippen molar-refractivity contribution in [3.8, 4) is 28.2 Å². The largest absolute Gasteiger partial charge is 0.493 e. The van der Waals surface area contributed by atoms with Crippen molar-refractivity contribution >= 4 is 0 Å². The van der Waals surface area contributed by atoms with Crippen molar-refractivity contribution in [2.75, 3.05) is 13.2 Å². The van der Waals surface area contributed by atoms with E-state index in [4.69, 9.17) is 9.15 Å². The summed E-state index contributed by atoms with van der Waals surface area (Å²) in [5.74, 6) is 1.83. The van der Waals surface area contributed by atoms with Gasteiger partial charge in [-0.3, -0.25) is 0 Å². The van der Waals surface area contributed by atoms with E-state index in [0.717, 1.165) is 48.6 Å². The zero-order chi connectivity index (χ0) is 24.3. The molecule has 0 aliphatic heterocycles. The molecule has 0 atom stereocenters. The lowest BCUT2D eigenvalue weighted by atomic mass is 9.63. The maximum Gasteiger partial charge on any atom is 0.133 e. The summed E-state index contributed by atoms with van der Waals surface area (Å²) in [4.78, 5) is 0. The first-order valence-corrected chi connectivity index (χ1v) is 12.9. The van der Waals surface area contributed by atoms with Crippen LogP contribution < -0.4 is 10.1 Å². The van der Waals surface area contributed by atoms with Gasteiger partial charge in [-0.15, -0.1) is 0 Å². The van der Waals surface area contributed by atoms with Gasteiger partial charge in [0.05, 0.1) is 12.9 Å². The van der Waals surface area contributed by atoms with Gasteiger partial charge in [0.25, 0.3) is 0 Å². The summed E-state index contributed by atoms with van der Waals surface area (Å²) in [7, 11) is 0. The molecule has 3 nitrogen and oxygen atoms in total. The van der Waals surface area contributed by atoms with Gasteiger partial charge < -0.3 is 14.5 Å². The molecule has 0 amide bonds. The minimum atomic E-state index is 0.171. The number of hydrogen-bond acceptors (Lipinski definition) is 3. The number of furan rings is 1. The molecule has 4 rings (SSSR count). The molecule has 0 fully saturated rings. The molecule has 1 aliphatic carbocycles. The van der Waals surface area contributed by atoms with E-state index in [1.54, 1.807) is 6.26 Å². The molecule has 0 saturated carbocycles. The summed E-state index contributed by atoms with van der Waals surface area (Å²) in [5.41, 5.74) is 6.76. The Morgan fingerprint density at radius 1 is 0.882 bits per heavy atom. The van der Waals surface area contributed by atoms with Gasteiger partial charge in [-0.2, -0.15) is 0 Å². The van der Waals surface area contributed by atoms with Crippen molar-refractivity contribution in [1.82, 2.24) is 5.32 Å². The van der Waals surface area contributed by atoms with Crippen LogP contribution in [0.2, 0.25) is 0 Å². The third-order valence-electron chi connectivity index (χ3n) is 7.33. The Morgan fingerprint density at radius 2 is 1.62 bits per heavy atom. The van der Waals surface area contributed by atoms with Crippen LogP contribution in [0.3, 0.4) is 0 Å². The van der Waals surface area contributed by atoms with E-state index < -0.39 is 0 Å². The zero-order valence-electron chi connectivity index (χ0n) is 21.8. The lowest BCUT2D eigenvalue weighted by Crippen LogP contribution is -2.33. The molecule has 0 spiro atoms. The van der Waals surface area contributed by atoms with E-state index >= 15 is 0 Å². The van der Waals surface area contributed by atoms with Gasteiger partial charge in [-0.1, -0.05) is 59.7 Å². The van der Waals surface area contributed by atoms with Gasteiger partial charge in [0.2, 0.25) is 0 Å².